The highest BCUT2D eigenvalue weighted by Crippen LogP contribution is 2.12. The number of carboxylic acid groups (broad SMARTS) is 1. The van der Waals surface area contributed by atoms with Gasteiger partial charge in [0.1, 0.15) is 0 Å². The van der Waals surface area contributed by atoms with Crippen molar-refractivity contribution in [1.29, 1.82) is 0 Å². The van der Waals surface area contributed by atoms with Crippen LogP contribution >= 0.6 is 0 Å². The Bertz CT molecular complexity index is 615. The molecule has 1 N–H and O–H groups in total. The van der Waals surface area contributed by atoms with Crippen LogP contribution in [0.1, 0.15) is 27.3 Å². The monoisotopic (exact) mass is 271 g/mol. The van der Waals surface area contributed by atoms with Gasteiger partial charge in [-0.2, -0.15) is 0 Å². The number of nitrogens with zero attached hydrogens (tertiary/aromatic N) is 3. The van der Waals surface area contributed by atoms with E-state index in [9.17, 15) is 4.79 Å². The van der Waals surface area contributed by atoms with Gasteiger partial charge < -0.3 is 5.11 Å². The summed E-state index contributed by atoms with van der Waals surface area (Å²) in [5.41, 5.74) is 3.04. The number of hydrogen-bond donors (Lipinski definition) is 1. The van der Waals surface area contributed by atoms with Crippen molar-refractivity contribution in [1.82, 2.24) is 15.0 Å². The van der Waals surface area contributed by atoms with Gasteiger partial charge in [-0.1, -0.05) is 41.1 Å². The lowest BCUT2D eigenvalue weighted by Crippen LogP contribution is -2.09. The molecule has 20 heavy (non-hydrogen) atoms. The van der Waals surface area contributed by atoms with Crippen molar-refractivity contribution in [3.8, 4) is 0 Å². The van der Waals surface area contributed by atoms with Crippen LogP contribution in [0, 0.1) is 6.92 Å². The first-order valence-electron chi connectivity index (χ1n) is 6.44. The molecule has 0 amide bonds. The summed E-state index contributed by atoms with van der Waals surface area (Å²) in [4.78, 5) is 11.2. The first-order chi connectivity index (χ1) is 9.61. The molecule has 0 unspecified atom stereocenters. The predicted molar refractivity (Wildman–Crippen MR) is 75.8 cm³/mol. The number of aromatic nitrogens is 3. The average Bonchev–Trinajstić information content (AvgIpc) is 2.82. The Balaban J connectivity index is 2.18. The lowest BCUT2D eigenvalue weighted by molar-refractivity contribution is 0.0689. The summed E-state index contributed by atoms with van der Waals surface area (Å²) in [6.07, 6.45) is 3.02. The molecule has 0 spiro atoms. The van der Waals surface area contributed by atoms with E-state index in [2.05, 4.69) is 29.0 Å². The molecule has 0 saturated heterocycles. The summed E-state index contributed by atoms with van der Waals surface area (Å²) in [7, 11) is 0. The van der Waals surface area contributed by atoms with Crippen LogP contribution in [0.25, 0.3) is 0 Å². The SMILES string of the molecule is C=CCn1nnc(C(=O)O)c1CCc1ccc(C)cc1. The van der Waals surface area contributed by atoms with E-state index in [-0.39, 0.29) is 5.69 Å². The highest BCUT2D eigenvalue weighted by molar-refractivity contribution is 5.86. The van der Waals surface area contributed by atoms with Crippen molar-refractivity contribution in [3.63, 3.8) is 0 Å². The molecule has 0 atom stereocenters. The minimum atomic E-state index is -1.04. The molecule has 1 aromatic carbocycles. The van der Waals surface area contributed by atoms with Gasteiger partial charge in [-0.25, -0.2) is 9.48 Å². The Morgan fingerprint density at radius 3 is 2.65 bits per heavy atom. The van der Waals surface area contributed by atoms with Crippen molar-refractivity contribution < 1.29 is 9.90 Å². The minimum absolute atomic E-state index is 0.0268. The van der Waals surface area contributed by atoms with Gasteiger partial charge in [0, 0.05) is 0 Å². The Kier molecular flexibility index (Phi) is 4.30. The molecular formula is C15H17N3O2. The normalized spacial score (nSPS) is 10.4. The van der Waals surface area contributed by atoms with Crippen LogP contribution in [0.3, 0.4) is 0 Å². The molecule has 5 nitrogen and oxygen atoms in total. The third-order valence-electron chi connectivity index (χ3n) is 3.11. The van der Waals surface area contributed by atoms with Crippen molar-refractivity contribution in [2.24, 2.45) is 0 Å². The largest absolute Gasteiger partial charge is 0.476 e. The van der Waals surface area contributed by atoms with E-state index in [0.717, 1.165) is 6.42 Å². The smallest absolute Gasteiger partial charge is 0.358 e. The van der Waals surface area contributed by atoms with Crippen LogP contribution in [-0.2, 0) is 19.4 Å². The van der Waals surface area contributed by atoms with E-state index in [1.54, 1.807) is 10.8 Å². The summed E-state index contributed by atoms with van der Waals surface area (Å²) < 4.78 is 1.59. The average molecular weight is 271 g/mol. The molecule has 0 saturated carbocycles. The molecule has 0 bridgehead atoms. The van der Waals surface area contributed by atoms with Gasteiger partial charge in [-0.15, -0.1) is 11.7 Å². The number of aryl methyl sites for hydroxylation is 2. The van der Waals surface area contributed by atoms with Crippen molar-refractivity contribution in [2.75, 3.05) is 0 Å². The fourth-order valence-electron chi connectivity index (χ4n) is 2.03. The Morgan fingerprint density at radius 1 is 1.35 bits per heavy atom. The molecule has 5 heteroatoms. The van der Waals surface area contributed by atoms with Gasteiger partial charge in [0.2, 0.25) is 0 Å². The van der Waals surface area contributed by atoms with Crippen molar-refractivity contribution in [3.05, 3.63) is 59.4 Å². The summed E-state index contributed by atoms with van der Waals surface area (Å²) in [6, 6.07) is 8.20. The second-order valence-electron chi connectivity index (χ2n) is 4.65. The van der Waals surface area contributed by atoms with E-state index in [1.807, 2.05) is 19.1 Å². The Morgan fingerprint density at radius 2 is 2.05 bits per heavy atom. The van der Waals surface area contributed by atoms with Crippen LogP contribution < -0.4 is 0 Å². The van der Waals surface area contributed by atoms with Crippen LogP contribution in [0.5, 0.6) is 0 Å². The fraction of sp³-hybridized carbons (Fsp3) is 0.267. The fourth-order valence-corrected chi connectivity index (χ4v) is 2.03. The van der Waals surface area contributed by atoms with Crippen molar-refractivity contribution >= 4 is 5.97 Å². The molecule has 0 aliphatic heterocycles. The number of allylic oxidation sites excluding steroid dienone is 1. The lowest BCUT2D eigenvalue weighted by atomic mass is 10.1. The number of aromatic carboxylic acids is 1. The summed E-state index contributed by atoms with van der Waals surface area (Å²) in [5, 5.41) is 16.7. The second kappa shape index (κ2) is 6.14. The Labute approximate surface area is 117 Å². The lowest BCUT2D eigenvalue weighted by Gasteiger charge is -2.05. The summed E-state index contributed by atoms with van der Waals surface area (Å²) in [5.74, 6) is -1.04. The quantitative estimate of drug-likeness (QED) is 0.818. The zero-order chi connectivity index (χ0) is 14.5. The third-order valence-corrected chi connectivity index (χ3v) is 3.11. The maximum atomic E-state index is 11.2. The van der Waals surface area contributed by atoms with E-state index < -0.39 is 5.97 Å². The van der Waals surface area contributed by atoms with Crippen LogP contribution in [0.4, 0.5) is 0 Å². The molecule has 2 rings (SSSR count). The van der Waals surface area contributed by atoms with E-state index >= 15 is 0 Å². The Hall–Kier alpha value is -2.43. The van der Waals surface area contributed by atoms with E-state index in [1.165, 1.54) is 11.1 Å². The number of rotatable bonds is 6. The molecule has 0 fully saturated rings. The van der Waals surface area contributed by atoms with Gasteiger partial charge in [0.25, 0.3) is 0 Å². The first-order valence-corrected chi connectivity index (χ1v) is 6.44. The zero-order valence-corrected chi connectivity index (χ0v) is 11.4. The molecule has 1 heterocycles. The minimum Gasteiger partial charge on any atom is -0.476 e. The van der Waals surface area contributed by atoms with Crippen LogP contribution in [0.2, 0.25) is 0 Å². The van der Waals surface area contributed by atoms with Gasteiger partial charge in [-0.3, -0.25) is 0 Å². The molecule has 104 valence electrons. The van der Waals surface area contributed by atoms with E-state index in [4.69, 9.17) is 5.11 Å². The standard InChI is InChI=1S/C15H17N3O2/c1-3-10-18-13(14(15(19)20)16-17-18)9-8-12-6-4-11(2)5-7-12/h3-7H,1,8-10H2,2H3,(H,19,20). The first kappa shape index (κ1) is 14.0. The topological polar surface area (TPSA) is 68.0 Å². The van der Waals surface area contributed by atoms with Gasteiger partial charge in [0.15, 0.2) is 5.69 Å². The number of benzene rings is 1. The highest BCUT2D eigenvalue weighted by Gasteiger charge is 2.18. The summed E-state index contributed by atoms with van der Waals surface area (Å²) in [6.45, 7) is 6.14. The molecule has 0 aliphatic carbocycles. The van der Waals surface area contributed by atoms with Crippen LogP contribution in [0.15, 0.2) is 36.9 Å². The van der Waals surface area contributed by atoms with Crippen molar-refractivity contribution in [2.45, 2.75) is 26.3 Å². The zero-order valence-electron chi connectivity index (χ0n) is 11.4. The molecular weight excluding hydrogens is 254 g/mol. The van der Waals surface area contributed by atoms with E-state index in [0.29, 0.717) is 18.7 Å². The van der Waals surface area contributed by atoms with Gasteiger partial charge >= 0.3 is 5.97 Å². The number of carboxylic acids is 1. The van der Waals surface area contributed by atoms with Gasteiger partial charge in [-0.05, 0) is 25.3 Å². The van der Waals surface area contributed by atoms with Gasteiger partial charge in [0.05, 0.1) is 12.2 Å². The number of hydrogen-bond acceptors (Lipinski definition) is 3. The second-order valence-corrected chi connectivity index (χ2v) is 4.65. The predicted octanol–water partition coefficient (Wildman–Crippen LogP) is 2.26. The molecule has 0 aliphatic rings. The third kappa shape index (κ3) is 3.12. The molecule has 0 radical (unpaired) electrons. The molecule has 1 aromatic heterocycles. The molecule has 2 aromatic rings. The highest BCUT2D eigenvalue weighted by atomic mass is 16.4. The summed E-state index contributed by atoms with van der Waals surface area (Å²) >= 11 is 0. The number of carbonyl (C=O) groups is 1. The maximum Gasteiger partial charge on any atom is 0.358 e. The van der Waals surface area contributed by atoms with Crippen LogP contribution in [-0.4, -0.2) is 26.1 Å². The maximum absolute atomic E-state index is 11.2.